The molecule has 7 nitrogen and oxygen atoms in total. The standard InChI is InChI=1S/C21H29N5O2S/c1-16(20(27)22-14-18-10-7-13-28-18)29-21-24-23-19(15-25-11-5-6-12-25)26(21)17-8-3-2-4-9-17/h2-4,8-9,16,18H,5-7,10-15H2,1H3,(H,22,27). The third-order valence-corrected chi connectivity index (χ3v) is 6.50. The number of thioether (sulfide) groups is 1. The monoisotopic (exact) mass is 415 g/mol. The van der Waals surface area contributed by atoms with E-state index >= 15 is 0 Å². The topological polar surface area (TPSA) is 72.3 Å². The Morgan fingerprint density at radius 2 is 2.03 bits per heavy atom. The van der Waals surface area contributed by atoms with Gasteiger partial charge in [0.1, 0.15) is 0 Å². The van der Waals surface area contributed by atoms with Crippen LogP contribution in [0.3, 0.4) is 0 Å². The number of nitrogens with one attached hydrogen (secondary N) is 1. The van der Waals surface area contributed by atoms with E-state index < -0.39 is 0 Å². The van der Waals surface area contributed by atoms with Crippen molar-refractivity contribution in [3.05, 3.63) is 36.2 Å². The van der Waals surface area contributed by atoms with Crippen LogP contribution >= 0.6 is 11.8 Å². The van der Waals surface area contributed by atoms with Gasteiger partial charge in [0.25, 0.3) is 0 Å². The highest BCUT2D eigenvalue weighted by Gasteiger charge is 2.24. The lowest BCUT2D eigenvalue weighted by molar-refractivity contribution is -0.120. The first-order chi connectivity index (χ1) is 14.2. The van der Waals surface area contributed by atoms with Crippen molar-refractivity contribution in [3.63, 3.8) is 0 Å². The maximum Gasteiger partial charge on any atom is 0.233 e. The van der Waals surface area contributed by atoms with Gasteiger partial charge >= 0.3 is 0 Å². The molecule has 4 rings (SSSR count). The number of carbonyl (C=O) groups is 1. The van der Waals surface area contributed by atoms with Crippen LogP contribution in [0.4, 0.5) is 0 Å². The van der Waals surface area contributed by atoms with Crippen molar-refractivity contribution < 1.29 is 9.53 Å². The minimum Gasteiger partial charge on any atom is -0.376 e. The maximum atomic E-state index is 12.6. The SMILES string of the molecule is CC(Sc1nnc(CN2CCCC2)n1-c1ccccc1)C(=O)NCC1CCCO1. The van der Waals surface area contributed by atoms with Gasteiger partial charge in [0.2, 0.25) is 5.91 Å². The smallest absolute Gasteiger partial charge is 0.233 e. The fourth-order valence-electron chi connectivity index (χ4n) is 3.83. The molecule has 1 N–H and O–H groups in total. The van der Waals surface area contributed by atoms with Gasteiger partial charge in [-0.25, -0.2) is 0 Å². The molecule has 2 unspecified atom stereocenters. The first kappa shape index (κ1) is 20.4. The van der Waals surface area contributed by atoms with Crippen LogP contribution in [-0.2, 0) is 16.1 Å². The highest BCUT2D eigenvalue weighted by molar-refractivity contribution is 8.00. The molecule has 2 atom stereocenters. The average Bonchev–Trinajstić information content (AvgIpc) is 3.50. The molecule has 0 spiro atoms. The molecule has 2 fully saturated rings. The molecular formula is C21H29N5O2S. The second-order valence-corrected chi connectivity index (χ2v) is 9.00. The average molecular weight is 416 g/mol. The Hall–Kier alpha value is -1.90. The van der Waals surface area contributed by atoms with Crippen molar-refractivity contribution in [3.8, 4) is 5.69 Å². The largest absolute Gasteiger partial charge is 0.376 e. The molecule has 0 radical (unpaired) electrons. The fourth-order valence-corrected chi connectivity index (χ4v) is 4.74. The van der Waals surface area contributed by atoms with Crippen LogP contribution in [0.5, 0.6) is 0 Å². The quantitative estimate of drug-likeness (QED) is 0.669. The van der Waals surface area contributed by atoms with E-state index in [2.05, 4.69) is 37.1 Å². The summed E-state index contributed by atoms with van der Waals surface area (Å²) in [6.07, 6.45) is 4.72. The minimum atomic E-state index is -0.261. The van der Waals surface area contributed by atoms with Crippen LogP contribution in [-0.4, -0.2) is 63.2 Å². The van der Waals surface area contributed by atoms with Crippen LogP contribution in [0.15, 0.2) is 35.5 Å². The van der Waals surface area contributed by atoms with Crippen LogP contribution in [0.25, 0.3) is 5.69 Å². The van der Waals surface area contributed by atoms with Crippen molar-refractivity contribution in [1.29, 1.82) is 0 Å². The zero-order valence-electron chi connectivity index (χ0n) is 16.9. The van der Waals surface area contributed by atoms with Crippen LogP contribution in [0.2, 0.25) is 0 Å². The fraction of sp³-hybridized carbons (Fsp3) is 0.571. The van der Waals surface area contributed by atoms with E-state index in [9.17, 15) is 4.79 Å². The molecule has 3 heterocycles. The number of carbonyl (C=O) groups excluding carboxylic acids is 1. The van der Waals surface area contributed by atoms with E-state index in [1.165, 1.54) is 24.6 Å². The number of nitrogens with zero attached hydrogens (tertiary/aromatic N) is 4. The van der Waals surface area contributed by atoms with Crippen molar-refractivity contribution in [2.24, 2.45) is 0 Å². The van der Waals surface area contributed by atoms with Crippen LogP contribution < -0.4 is 5.32 Å². The van der Waals surface area contributed by atoms with E-state index in [4.69, 9.17) is 4.74 Å². The molecule has 2 aromatic rings. The summed E-state index contributed by atoms with van der Waals surface area (Å²) < 4.78 is 7.68. The molecular weight excluding hydrogens is 386 g/mol. The molecule has 156 valence electrons. The summed E-state index contributed by atoms with van der Waals surface area (Å²) >= 11 is 1.45. The number of rotatable bonds is 8. The number of para-hydroxylation sites is 1. The van der Waals surface area contributed by atoms with Crippen molar-refractivity contribution in [2.45, 2.75) is 55.7 Å². The molecule has 1 aromatic heterocycles. The lowest BCUT2D eigenvalue weighted by Gasteiger charge is -2.17. The minimum absolute atomic E-state index is 0.00852. The van der Waals surface area contributed by atoms with E-state index in [0.29, 0.717) is 6.54 Å². The Kier molecular flexibility index (Phi) is 6.84. The third kappa shape index (κ3) is 5.18. The Labute approximate surface area is 176 Å². The zero-order chi connectivity index (χ0) is 20.1. The molecule has 2 aliphatic rings. The van der Waals surface area contributed by atoms with Crippen molar-refractivity contribution in [1.82, 2.24) is 25.0 Å². The second-order valence-electron chi connectivity index (χ2n) is 7.69. The van der Waals surface area contributed by atoms with Gasteiger partial charge in [-0.2, -0.15) is 0 Å². The number of amides is 1. The van der Waals surface area contributed by atoms with Gasteiger partial charge < -0.3 is 10.1 Å². The normalized spacial score (nSPS) is 20.8. The summed E-state index contributed by atoms with van der Waals surface area (Å²) in [6, 6.07) is 10.1. The van der Waals surface area contributed by atoms with E-state index in [0.717, 1.165) is 55.8 Å². The Morgan fingerprint density at radius 1 is 1.24 bits per heavy atom. The zero-order valence-corrected chi connectivity index (χ0v) is 17.7. The van der Waals surface area contributed by atoms with E-state index in [1.54, 1.807) is 0 Å². The molecule has 8 heteroatoms. The van der Waals surface area contributed by atoms with Crippen molar-refractivity contribution in [2.75, 3.05) is 26.2 Å². The number of hydrogen-bond donors (Lipinski definition) is 1. The number of hydrogen-bond acceptors (Lipinski definition) is 6. The first-order valence-corrected chi connectivity index (χ1v) is 11.4. The lowest BCUT2D eigenvalue weighted by Crippen LogP contribution is -2.36. The molecule has 0 aliphatic carbocycles. The maximum absolute atomic E-state index is 12.6. The first-order valence-electron chi connectivity index (χ1n) is 10.5. The predicted octanol–water partition coefficient (Wildman–Crippen LogP) is 2.64. The van der Waals surface area contributed by atoms with Crippen molar-refractivity contribution >= 4 is 17.7 Å². The van der Waals surface area contributed by atoms with Crippen LogP contribution in [0.1, 0.15) is 38.4 Å². The highest BCUT2D eigenvalue weighted by atomic mass is 32.2. The summed E-state index contributed by atoms with van der Waals surface area (Å²) in [4.78, 5) is 15.0. The molecule has 0 saturated carbocycles. The summed E-state index contributed by atoms with van der Waals surface area (Å²) in [5.74, 6) is 0.932. The van der Waals surface area contributed by atoms with E-state index in [-0.39, 0.29) is 17.3 Å². The number of benzene rings is 1. The van der Waals surface area contributed by atoms with Gasteiger partial charge in [0.15, 0.2) is 11.0 Å². The highest BCUT2D eigenvalue weighted by Crippen LogP contribution is 2.27. The van der Waals surface area contributed by atoms with Gasteiger partial charge in [-0.1, -0.05) is 30.0 Å². The van der Waals surface area contributed by atoms with Gasteiger partial charge in [0.05, 0.1) is 17.9 Å². The summed E-state index contributed by atoms with van der Waals surface area (Å²) in [6.45, 7) is 6.28. The summed E-state index contributed by atoms with van der Waals surface area (Å²) in [5, 5.41) is 12.4. The predicted molar refractivity (Wildman–Crippen MR) is 113 cm³/mol. The lowest BCUT2D eigenvalue weighted by atomic mass is 10.2. The number of likely N-dealkylation sites (tertiary alicyclic amines) is 1. The van der Waals surface area contributed by atoms with Crippen LogP contribution in [0, 0.1) is 0 Å². The van der Waals surface area contributed by atoms with E-state index in [1.807, 2.05) is 25.1 Å². The molecule has 0 bridgehead atoms. The number of ether oxygens (including phenoxy) is 1. The third-order valence-electron chi connectivity index (χ3n) is 5.46. The summed E-state index contributed by atoms with van der Waals surface area (Å²) in [5.41, 5.74) is 1.03. The Morgan fingerprint density at radius 3 is 2.76 bits per heavy atom. The molecule has 1 aromatic carbocycles. The Bertz CT molecular complexity index is 801. The van der Waals surface area contributed by atoms with Gasteiger partial charge in [-0.15, -0.1) is 10.2 Å². The van der Waals surface area contributed by atoms with Gasteiger partial charge in [0, 0.05) is 18.8 Å². The Balaban J connectivity index is 1.46. The molecule has 29 heavy (non-hydrogen) atoms. The number of aromatic nitrogens is 3. The molecule has 2 saturated heterocycles. The molecule has 1 amide bonds. The van der Waals surface area contributed by atoms with Gasteiger partial charge in [-0.3, -0.25) is 14.3 Å². The second kappa shape index (κ2) is 9.73. The van der Waals surface area contributed by atoms with Gasteiger partial charge in [-0.05, 0) is 57.8 Å². The summed E-state index contributed by atoms with van der Waals surface area (Å²) in [7, 11) is 0. The molecule has 2 aliphatic heterocycles.